The standard InChI is InChI=1S/C37H54O4/c1-32(2)17-19-37(31(40)41-23-24-11-9-8-10-12-24)20-18-35(6)25(26(37)21-32)13-14-29-34(5)22-27(38)30(39)33(3,4)28(34)15-16-36(29,35)7/h8-13,26-30,38-39H,14-23H2,1-7H3/t26?,27-,28?,29-,30+,34+,35?,36-,37+/m1/s1. The van der Waals surface area contributed by atoms with Crippen LogP contribution in [0.1, 0.15) is 112 Å². The molecule has 0 aliphatic heterocycles. The highest BCUT2D eigenvalue weighted by atomic mass is 16.5. The van der Waals surface area contributed by atoms with Crippen LogP contribution in [-0.2, 0) is 16.1 Å². The van der Waals surface area contributed by atoms with Gasteiger partial charge in [0.25, 0.3) is 0 Å². The van der Waals surface area contributed by atoms with Crippen LogP contribution < -0.4 is 0 Å². The summed E-state index contributed by atoms with van der Waals surface area (Å²) in [5, 5.41) is 22.1. The van der Waals surface area contributed by atoms with Crippen LogP contribution in [0, 0.1) is 50.2 Å². The van der Waals surface area contributed by atoms with Crippen molar-refractivity contribution < 1.29 is 19.7 Å². The van der Waals surface area contributed by atoms with E-state index in [0.29, 0.717) is 24.9 Å². The molecule has 3 unspecified atom stereocenters. The Bertz CT molecular complexity index is 1220. The molecule has 0 amide bonds. The molecule has 4 fully saturated rings. The van der Waals surface area contributed by atoms with Gasteiger partial charge in [-0.2, -0.15) is 0 Å². The summed E-state index contributed by atoms with van der Waals surface area (Å²) in [7, 11) is 0. The molecule has 5 aliphatic carbocycles. The van der Waals surface area contributed by atoms with Gasteiger partial charge in [-0.25, -0.2) is 0 Å². The smallest absolute Gasteiger partial charge is 0.313 e. The minimum Gasteiger partial charge on any atom is -0.460 e. The molecule has 226 valence electrons. The first-order valence-electron chi connectivity index (χ1n) is 16.4. The van der Waals surface area contributed by atoms with Gasteiger partial charge in [0.05, 0.1) is 17.6 Å². The van der Waals surface area contributed by atoms with Gasteiger partial charge in [0.1, 0.15) is 6.61 Å². The van der Waals surface area contributed by atoms with Gasteiger partial charge in [-0.15, -0.1) is 0 Å². The first-order chi connectivity index (χ1) is 19.1. The third-order valence-corrected chi connectivity index (χ3v) is 14.2. The molecule has 0 heterocycles. The van der Waals surface area contributed by atoms with Gasteiger partial charge < -0.3 is 14.9 Å². The van der Waals surface area contributed by atoms with Crippen LogP contribution in [0.5, 0.6) is 0 Å². The Kier molecular flexibility index (Phi) is 6.76. The second-order valence-corrected chi connectivity index (χ2v) is 17.0. The lowest BCUT2D eigenvalue weighted by Gasteiger charge is -2.71. The average Bonchev–Trinajstić information content (AvgIpc) is 2.91. The number of hydrogen-bond acceptors (Lipinski definition) is 4. The fourth-order valence-electron chi connectivity index (χ4n) is 11.6. The summed E-state index contributed by atoms with van der Waals surface area (Å²) in [5.74, 6) is 1.05. The Morgan fingerprint density at radius 2 is 1.56 bits per heavy atom. The molecule has 41 heavy (non-hydrogen) atoms. The maximum atomic E-state index is 14.2. The number of hydrogen-bond donors (Lipinski definition) is 2. The monoisotopic (exact) mass is 562 g/mol. The number of esters is 1. The molecular formula is C37H54O4. The summed E-state index contributed by atoms with van der Waals surface area (Å²) in [6, 6.07) is 10.1. The van der Waals surface area contributed by atoms with Crippen molar-refractivity contribution in [1.29, 1.82) is 0 Å². The van der Waals surface area contributed by atoms with E-state index in [2.05, 4.69) is 54.5 Å². The predicted molar refractivity (Wildman–Crippen MR) is 163 cm³/mol. The van der Waals surface area contributed by atoms with E-state index in [4.69, 9.17) is 4.74 Å². The van der Waals surface area contributed by atoms with Crippen LogP contribution in [0.15, 0.2) is 42.0 Å². The lowest BCUT2D eigenvalue weighted by atomic mass is 9.33. The minimum absolute atomic E-state index is 0.0103. The van der Waals surface area contributed by atoms with E-state index in [0.717, 1.165) is 56.9 Å². The lowest BCUT2D eigenvalue weighted by Crippen LogP contribution is -2.67. The number of ether oxygens (including phenoxy) is 1. The Morgan fingerprint density at radius 1 is 0.878 bits per heavy atom. The summed E-state index contributed by atoms with van der Waals surface area (Å²) >= 11 is 0. The molecule has 0 saturated heterocycles. The Hall–Kier alpha value is -1.65. The number of fused-ring (bicyclic) bond motifs is 7. The number of benzene rings is 1. The molecule has 0 spiro atoms. The third kappa shape index (κ3) is 4.09. The molecule has 4 saturated carbocycles. The Labute approximate surface area is 248 Å². The van der Waals surface area contributed by atoms with Crippen molar-refractivity contribution in [3.63, 3.8) is 0 Å². The van der Waals surface area contributed by atoms with Gasteiger partial charge >= 0.3 is 5.97 Å². The molecular weight excluding hydrogens is 508 g/mol. The summed E-state index contributed by atoms with van der Waals surface area (Å²) in [6.07, 6.45) is 10.0. The molecule has 6 rings (SSSR count). The van der Waals surface area contributed by atoms with E-state index in [-0.39, 0.29) is 39.0 Å². The average molecular weight is 563 g/mol. The highest BCUT2D eigenvalue weighted by Crippen LogP contribution is 2.75. The van der Waals surface area contributed by atoms with Crippen molar-refractivity contribution in [3.05, 3.63) is 47.5 Å². The fourth-order valence-corrected chi connectivity index (χ4v) is 11.6. The van der Waals surface area contributed by atoms with Gasteiger partial charge in [0.2, 0.25) is 0 Å². The maximum Gasteiger partial charge on any atom is 0.313 e. The van der Waals surface area contributed by atoms with Gasteiger partial charge in [0.15, 0.2) is 0 Å². The van der Waals surface area contributed by atoms with Crippen LogP contribution in [0.4, 0.5) is 0 Å². The van der Waals surface area contributed by atoms with Crippen LogP contribution in [0.25, 0.3) is 0 Å². The van der Waals surface area contributed by atoms with Crippen molar-refractivity contribution in [2.75, 3.05) is 0 Å². The van der Waals surface area contributed by atoms with Crippen molar-refractivity contribution in [2.45, 2.75) is 125 Å². The van der Waals surface area contributed by atoms with Crippen molar-refractivity contribution in [2.24, 2.45) is 50.2 Å². The maximum absolute atomic E-state index is 14.2. The molecule has 1 aromatic carbocycles. The second kappa shape index (κ2) is 9.42. The molecule has 0 bridgehead atoms. The number of aliphatic hydroxyl groups excluding tert-OH is 2. The van der Waals surface area contributed by atoms with E-state index < -0.39 is 17.6 Å². The van der Waals surface area contributed by atoms with E-state index in [1.54, 1.807) is 0 Å². The predicted octanol–water partition coefficient (Wildman–Crippen LogP) is 7.86. The zero-order chi connectivity index (χ0) is 29.6. The van der Waals surface area contributed by atoms with Crippen molar-refractivity contribution in [1.82, 2.24) is 0 Å². The molecule has 9 atom stereocenters. The zero-order valence-electron chi connectivity index (χ0n) is 26.6. The van der Waals surface area contributed by atoms with Crippen LogP contribution in [-0.4, -0.2) is 28.4 Å². The summed E-state index contributed by atoms with van der Waals surface area (Å²) in [6.45, 7) is 17.0. The summed E-state index contributed by atoms with van der Waals surface area (Å²) in [4.78, 5) is 14.2. The molecule has 2 N–H and O–H groups in total. The van der Waals surface area contributed by atoms with Gasteiger partial charge in [-0.1, -0.05) is 90.4 Å². The zero-order valence-corrected chi connectivity index (χ0v) is 26.6. The molecule has 4 heteroatoms. The Balaban J connectivity index is 1.37. The molecule has 5 aliphatic rings. The topological polar surface area (TPSA) is 66.8 Å². The number of rotatable bonds is 3. The van der Waals surface area contributed by atoms with E-state index in [1.165, 1.54) is 5.57 Å². The molecule has 4 nitrogen and oxygen atoms in total. The molecule has 0 radical (unpaired) electrons. The van der Waals surface area contributed by atoms with Crippen LogP contribution in [0.2, 0.25) is 0 Å². The first kappa shape index (κ1) is 29.4. The lowest BCUT2D eigenvalue weighted by molar-refractivity contribution is -0.232. The quantitative estimate of drug-likeness (QED) is 0.291. The number of carbonyl (C=O) groups is 1. The Morgan fingerprint density at radius 3 is 2.27 bits per heavy atom. The van der Waals surface area contributed by atoms with E-state index in [9.17, 15) is 15.0 Å². The van der Waals surface area contributed by atoms with Gasteiger partial charge in [-0.3, -0.25) is 4.79 Å². The molecule has 0 aromatic heterocycles. The minimum atomic E-state index is -0.677. The number of carbonyl (C=O) groups excluding carboxylic acids is 1. The normalized spacial score (nSPS) is 46.2. The van der Waals surface area contributed by atoms with Crippen molar-refractivity contribution >= 4 is 5.97 Å². The van der Waals surface area contributed by atoms with Gasteiger partial charge in [-0.05, 0) is 108 Å². The largest absolute Gasteiger partial charge is 0.460 e. The van der Waals surface area contributed by atoms with Crippen molar-refractivity contribution in [3.8, 4) is 0 Å². The number of aliphatic hydroxyl groups is 2. The summed E-state index contributed by atoms with van der Waals surface area (Å²) < 4.78 is 6.15. The van der Waals surface area contributed by atoms with E-state index >= 15 is 0 Å². The van der Waals surface area contributed by atoms with Gasteiger partial charge in [0, 0.05) is 0 Å². The third-order valence-electron chi connectivity index (χ3n) is 14.2. The number of allylic oxidation sites excluding steroid dienone is 2. The summed E-state index contributed by atoms with van der Waals surface area (Å²) in [5.41, 5.74) is 2.09. The van der Waals surface area contributed by atoms with Crippen LogP contribution in [0.3, 0.4) is 0 Å². The second-order valence-electron chi connectivity index (χ2n) is 17.0. The molecule has 1 aromatic rings. The fraction of sp³-hybridized carbons (Fsp3) is 0.757. The SMILES string of the molecule is CC1(C)CC[C@]2(C(=O)OCc3ccccc3)CCC3(C)C(=CC[C@@H]4[C@@]5(C)C[C@@H](O)[C@H](O)C(C)(C)C5CC[C@]43C)C2C1. The van der Waals surface area contributed by atoms with Crippen LogP contribution >= 0.6 is 0 Å². The van der Waals surface area contributed by atoms with E-state index in [1.807, 2.05) is 30.3 Å². The first-order valence-corrected chi connectivity index (χ1v) is 16.4. The highest BCUT2D eigenvalue weighted by Gasteiger charge is 2.70. The highest BCUT2D eigenvalue weighted by molar-refractivity contribution is 5.79.